The third kappa shape index (κ3) is 2.97. The number of carboxylic acid groups (broad SMARTS) is 1. The Bertz CT molecular complexity index is 645. The third-order valence-electron chi connectivity index (χ3n) is 2.52. The van der Waals surface area contributed by atoms with Gasteiger partial charge in [0.2, 0.25) is 0 Å². The van der Waals surface area contributed by atoms with E-state index in [0.717, 1.165) is 0 Å². The number of aliphatic carboxylic acids is 1. The van der Waals surface area contributed by atoms with Crippen molar-refractivity contribution in [3.63, 3.8) is 0 Å². The minimum absolute atomic E-state index is 0.175. The zero-order valence-corrected chi connectivity index (χ0v) is 11.2. The predicted molar refractivity (Wildman–Crippen MR) is 75.4 cm³/mol. The summed E-state index contributed by atoms with van der Waals surface area (Å²) in [6.45, 7) is 0. The molecule has 19 heavy (non-hydrogen) atoms. The van der Waals surface area contributed by atoms with Gasteiger partial charge in [-0.1, -0.05) is 35.3 Å². The van der Waals surface area contributed by atoms with E-state index in [0.29, 0.717) is 32.7 Å². The Kier molecular flexibility index (Phi) is 3.93. The second-order valence-corrected chi connectivity index (χ2v) is 4.70. The molecule has 0 saturated carbocycles. The maximum absolute atomic E-state index is 10.7. The number of nitrogens with two attached hydrogens (primary N) is 1. The lowest BCUT2D eigenvalue weighted by Gasteiger charge is -2.09. The number of rotatable bonds is 3. The zero-order valence-electron chi connectivity index (χ0n) is 9.73. The lowest BCUT2D eigenvalue weighted by atomic mass is 10.1. The number of nitrogen functional groups attached to an aromatic ring is 1. The maximum atomic E-state index is 10.7. The average molecular weight is 297 g/mol. The Morgan fingerprint density at radius 3 is 2.68 bits per heavy atom. The standard InChI is InChI=1S/C13H10Cl2N2O2/c14-9-3-1-2-8(12(9)15)13-10(16)5-4-7(17-13)6-11(18)19/h1-5H,6,16H2,(H,18,19). The summed E-state index contributed by atoms with van der Waals surface area (Å²) in [5.41, 5.74) is 7.70. The van der Waals surface area contributed by atoms with Gasteiger partial charge in [-0.15, -0.1) is 0 Å². The lowest BCUT2D eigenvalue weighted by Crippen LogP contribution is -2.04. The fourth-order valence-electron chi connectivity index (χ4n) is 1.67. The molecule has 6 heteroatoms. The van der Waals surface area contributed by atoms with Gasteiger partial charge in [-0.3, -0.25) is 4.79 Å². The summed E-state index contributed by atoms with van der Waals surface area (Å²) in [7, 11) is 0. The minimum atomic E-state index is -0.958. The van der Waals surface area contributed by atoms with Crippen molar-refractivity contribution in [2.75, 3.05) is 5.73 Å². The highest BCUT2D eigenvalue weighted by Gasteiger charge is 2.13. The molecule has 1 heterocycles. The first kappa shape index (κ1) is 13.6. The van der Waals surface area contributed by atoms with Gasteiger partial charge in [0.25, 0.3) is 0 Å². The Labute approximate surface area is 119 Å². The minimum Gasteiger partial charge on any atom is -0.481 e. The molecule has 0 radical (unpaired) electrons. The number of pyridine rings is 1. The molecule has 0 bridgehead atoms. The van der Waals surface area contributed by atoms with Crippen molar-refractivity contribution in [3.05, 3.63) is 46.1 Å². The van der Waals surface area contributed by atoms with Crippen LogP contribution in [0.2, 0.25) is 10.0 Å². The fraction of sp³-hybridized carbons (Fsp3) is 0.0769. The zero-order chi connectivity index (χ0) is 14.0. The van der Waals surface area contributed by atoms with E-state index < -0.39 is 5.97 Å². The number of hydrogen-bond donors (Lipinski definition) is 2. The van der Waals surface area contributed by atoms with Gasteiger partial charge in [-0.25, -0.2) is 4.98 Å². The summed E-state index contributed by atoms with van der Waals surface area (Å²) in [5, 5.41) is 9.51. The van der Waals surface area contributed by atoms with Crippen LogP contribution < -0.4 is 5.73 Å². The van der Waals surface area contributed by atoms with Gasteiger partial charge in [0.05, 0.1) is 33.5 Å². The van der Waals surface area contributed by atoms with Gasteiger partial charge < -0.3 is 10.8 Å². The van der Waals surface area contributed by atoms with Crippen molar-refractivity contribution < 1.29 is 9.90 Å². The second-order valence-electron chi connectivity index (χ2n) is 3.91. The number of carboxylic acids is 1. The summed E-state index contributed by atoms with van der Waals surface area (Å²) in [6.07, 6.45) is -0.175. The van der Waals surface area contributed by atoms with Crippen LogP contribution >= 0.6 is 23.2 Å². The molecule has 0 unspecified atom stereocenters. The SMILES string of the molecule is Nc1ccc(CC(=O)O)nc1-c1cccc(Cl)c1Cl. The highest BCUT2D eigenvalue weighted by atomic mass is 35.5. The van der Waals surface area contributed by atoms with E-state index in [1.54, 1.807) is 30.3 Å². The van der Waals surface area contributed by atoms with Crippen LogP contribution in [-0.4, -0.2) is 16.1 Å². The van der Waals surface area contributed by atoms with Crippen molar-refractivity contribution in [3.8, 4) is 11.3 Å². The van der Waals surface area contributed by atoms with E-state index in [1.165, 1.54) is 0 Å². The molecular formula is C13H10Cl2N2O2. The van der Waals surface area contributed by atoms with E-state index >= 15 is 0 Å². The number of halogens is 2. The van der Waals surface area contributed by atoms with Crippen molar-refractivity contribution in [1.29, 1.82) is 0 Å². The van der Waals surface area contributed by atoms with Crippen molar-refractivity contribution >= 4 is 34.9 Å². The van der Waals surface area contributed by atoms with E-state index in [-0.39, 0.29) is 6.42 Å². The van der Waals surface area contributed by atoms with Gasteiger partial charge in [0.1, 0.15) is 0 Å². The van der Waals surface area contributed by atoms with Crippen molar-refractivity contribution in [2.45, 2.75) is 6.42 Å². The van der Waals surface area contributed by atoms with Gasteiger partial charge >= 0.3 is 5.97 Å². The Hall–Kier alpha value is -1.78. The van der Waals surface area contributed by atoms with Crippen LogP contribution in [0.15, 0.2) is 30.3 Å². The molecule has 2 aromatic rings. The van der Waals surface area contributed by atoms with Crippen LogP contribution in [0.25, 0.3) is 11.3 Å². The first-order valence-electron chi connectivity index (χ1n) is 5.40. The molecule has 0 atom stereocenters. The number of hydrogen-bond acceptors (Lipinski definition) is 3. The largest absolute Gasteiger partial charge is 0.481 e. The van der Waals surface area contributed by atoms with Gasteiger partial charge in [-0.05, 0) is 18.2 Å². The summed E-state index contributed by atoms with van der Waals surface area (Å²) in [5.74, 6) is -0.958. The second kappa shape index (κ2) is 5.47. The molecule has 4 nitrogen and oxygen atoms in total. The molecule has 0 aliphatic rings. The Morgan fingerprint density at radius 2 is 2.00 bits per heavy atom. The van der Waals surface area contributed by atoms with E-state index in [1.807, 2.05) is 0 Å². The maximum Gasteiger partial charge on any atom is 0.309 e. The number of carbonyl (C=O) groups is 1. The molecule has 0 aliphatic carbocycles. The van der Waals surface area contributed by atoms with Gasteiger partial charge in [0.15, 0.2) is 0 Å². The van der Waals surface area contributed by atoms with Crippen molar-refractivity contribution in [2.24, 2.45) is 0 Å². The molecule has 0 saturated heterocycles. The summed E-state index contributed by atoms with van der Waals surface area (Å²) in [4.78, 5) is 14.9. The van der Waals surface area contributed by atoms with E-state index in [2.05, 4.69) is 4.98 Å². The monoisotopic (exact) mass is 296 g/mol. The van der Waals surface area contributed by atoms with Gasteiger partial charge in [0, 0.05) is 5.56 Å². The molecule has 0 aliphatic heterocycles. The van der Waals surface area contributed by atoms with Crippen LogP contribution in [0.1, 0.15) is 5.69 Å². The van der Waals surface area contributed by atoms with E-state index in [9.17, 15) is 4.79 Å². The van der Waals surface area contributed by atoms with Crippen LogP contribution in [0, 0.1) is 0 Å². The van der Waals surface area contributed by atoms with Crippen LogP contribution in [0.5, 0.6) is 0 Å². The average Bonchev–Trinajstić information content (AvgIpc) is 2.35. The van der Waals surface area contributed by atoms with Crippen LogP contribution in [-0.2, 0) is 11.2 Å². The van der Waals surface area contributed by atoms with Crippen LogP contribution in [0.4, 0.5) is 5.69 Å². The normalized spacial score (nSPS) is 10.4. The molecule has 2 rings (SSSR count). The molecule has 1 aromatic heterocycles. The molecule has 0 fully saturated rings. The number of benzene rings is 1. The number of anilines is 1. The lowest BCUT2D eigenvalue weighted by molar-refractivity contribution is -0.136. The fourth-order valence-corrected chi connectivity index (χ4v) is 2.06. The Balaban J connectivity index is 2.54. The number of aromatic nitrogens is 1. The van der Waals surface area contributed by atoms with E-state index in [4.69, 9.17) is 34.0 Å². The number of nitrogens with zero attached hydrogens (tertiary/aromatic N) is 1. The summed E-state index contributed by atoms with van der Waals surface area (Å²) in [6, 6.07) is 8.31. The molecule has 0 amide bonds. The topological polar surface area (TPSA) is 76.2 Å². The highest BCUT2D eigenvalue weighted by molar-refractivity contribution is 6.43. The molecular weight excluding hydrogens is 287 g/mol. The third-order valence-corrected chi connectivity index (χ3v) is 3.34. The van der Waals surface area contributed by atoms with Gasteiger partial charge in [-0.2, -0.15) is 0 Å². The molecule has 0 spiro atoms. The van der Waals surface area contributed by atoms with Crippen LogP contribution in [0.3, 0.4) is 0 Å². The molecule has 1 aromatic carbocycles. The quantitative estimate of drug-likeness (QED) is 0.911. The Morgan fingerprint density at radius 1 is 1.26 bits per heavy atom. The first-order chi connectivity index (χ1) is 8.99. The first-order valence-corrected chi connectivity index (χ1v) is 6.16. The predicted octanol–water partition coefficient (Wildman–Crippen LogP) is 3.26. The molecule has 98 valence electrons. The summed E-state index contributed by atoms with van der Waals surface area (Å²) < 4.78 is 0. The highest BCUT2D eigenvalue weighted by Crippen LogP contribution is 2.35. The summed E-state index contributed by atoms with van der Waals surface area (Å²) >= 11 is 12.1. The smallest absolute Gasteiger partial charge is 0.309 e. The molecule has 3 N–H and O–H groups in total. The van der Waals surface area contributed by atoms with Crippen molar-refractivity contribution in [1.82, 2.24) is 4.98 Å².